The van der Waals surface area contributed by atoms with Crippen LogP contribution in [0.5, 0.6) is 0 Å². The Bertz CT molecular complexity index is 587. The maximum absolute atomic E-state index is 11.4. The summed E-state index contributed by atoms with van der Waals surface area (Å²) in [6.07, 6.45) is 9.93. The second kappa shape index (κ2) is 15.2. The molecule has 0 saturated heterocycles. The molecule has 2 aromatic rings. The molecule has 0 amide bonds. The van der Waals surface area contributed by atoms with E-state index in [0.29, 0.717) is 12.0 Å². The van der Waals surface area contributed by atoms with Crippen molar-refractivity contribution in [2.75, 3.05) is 0 Å². The van der Waals surface area contributed by atoms with Crippen LogP contribution in [0.25, 0.3) is 0 Å². The van der Waals surface area contributed by atoms with Crippen LogP contribution < -0.4 is 0 Å². The Balaban J connectivity index is 0.000000893. The Hall–Kier alpha value is -0.871. The van der Waals surface area contributed by atoms with Crippen molar-refractivity contribution in [2.45, 2.75) is 70.0 Å². The van der Waals surface area contributed by atoms with Gasteiger partial charge in [0, 0.05) is 17.1 Å². The van der Waals surface area contributed by atoms with Crippen molar-refractivity contribution in [3.8, 4) is 0 Å². The molecule has 0 aromatic heterocycles. The molecule has 0 aliphatic rings. The van der Waals surface area contributed by atoms with E-state index in [9.17, 15) is 13.0 Å². The topological polar surface area (TPSA) is 54.4 Å². The Morgan fingerprint density at radius 1 is 0.846 bits per heavy atom. The molecule has 26 heavy (non-hydrogen) atoms. The zero-order valence-electron chi connectivity index (χ0n) is 15.7. The molecule has 5 heteroatoms. The average molecular weight is 420 g/mol. The van der Waals surface area contributed by atoms with Crippen LogP contribution in [0.15, 0.2) is 54.6 Å². The SMILES string of the molecule is CCCCCCCCCCC([c-]1cccc1)S(=O)(=O)O.[Fe].[cH-]1[cH-][cH-][cH-][cH-]1. The van der Waals surface area contributed by atoms with Gasteiger partial charge in [-0.2, -0.15) is 12.1 Å². The van der Waals surface area contributed by atoms with Crippen molar-refractivity contribution in [3.05, 3.63) is 60.2 Å². The van der Waals surface area contributed by atoms with E-state index in [4.69, 9.17) is 0 Å². The van der Waals surface area contributed by atoms with Gasteiger partial charge in [-0.1, -0.05) is 58.3 Å². The minimum Gasteiger partial charge on any atom is -0.748 e. The van der Waals surface area contributed by atoms with Gasteiger partial charge >= 0.3 is 0 Å². The van der Waals surface area contributed by atoms with Crippen molar-refractivity contribution in [1.82, 2.24) is 0 Å². The van der Waals surface area contributed by atoms with Crippen molar-refractivity contribution in [2.24, 2.45) is 0 Å². The summed E-state index contributed by atoms with van der Waals surface area (Å²) in [5.41, 5.74) is 0.704. The molecule has 2 rings (SSSR count). The Morgan fingerprint density at radius 3 is 1.69 bits per heavy atom. The normalized spacial score (nSPS) is 11.9. The number of hydrogen-bond donors (Lipinski definition) is 1. The average Bonchev–Trinajstić information content (AvgIpc) is 3.28. The third-order valence-electron chi connectivity index (χ3n) is 4.30. The van der Waals surface area contributed by atoms with Gasteiger partial charge in [-0.15, -0.1) is 5.56 Å². The summed E-state index contributed by atoms with van der Waals surface area (Å²) < 4.78 is 32.2. The molecule has 1 unspecified atom stereocenters. The molecule has 0 heterocycles. The molecule has 0 spiro atoms. The van der Waals surface area contributed by atoms with Gasteiger partial charge in [0.15, 0.2) is 0 Å². The van der Waals surface area contributed by atoms with Crippen LogP contribution >= 0.6 is 0 Å². The number of rotatable bonds is 11. The summed E-state index contributed by atoms with van der Waals surface area (Å²) in [7, 11) is -3.99. The summed E-state index contributed by atoms with van der Waals surface area (Å²) in [5, 5.41) is -0.752. The van der Waals surface area contributed by atoms with Gasteiger partial charge < -0.3 is 30.3 Å². The molecule has 1 N–H and O–H groups in total. The van der Waals surface area contributed by atoms with Crippen LogP contribution in [0.2, 0.25) is 0 Å². The molecule has 0 radical (unpaired) electrons. The zero-order chi connectivity index (χ0) is 18.4. The third-order valence-corrected chi connectivity index (χ3v) is 5.52. The van der Waals surface area contributed by atoms with Gasteiger partial charge in [0.1, 0.15) is 0 Å². The fourth-order valence-corrected chi connectivity index (χ4v) is 3.84. The Kier molecular flexibility index (Phi) is 14.7. The standard InChI is InChI=1S/C16H27O3S.C5H5.Fe/c1-2-3-4-5-6-7-8-9-14-16(20(17,18)19)15-12-10-11-13-15;1-2-4-5-3-1;/h10-13,16H,2-9,14H2,1H3,(H,17,18,19);1-5H;/q-1;-5;. The van der Waals surface area contributed by atoms with Crippen molar-refractivity contribution >= 4 is 10.1 Å². The van der Waals surface area contributed by atoms with Gasteiger partial charge in [-0.25, -0.2) is 20.6 Å². The molecule has 0 aliphatic heterocycles. The third kappa shape index (κ3) is 11.7. The van der Waals surface area contributed by atoms with Gasteiger partial charge in [0.2, 0.25) is 0 Å². The first-order valence-corrected chi connectivity index (χ1v) is 10.9. The largest absolute Gasteiger partial charge is 0.748 e. The van der Waals surface area contributed by atoms with Crippen LogP contribution in [0.3, 0.4) is 0 Å². The monoisotopic (exact) mass is 420 g/mol. The summed E-state index contributed by atoms with van der Waals surface area (Å²) in [4.78, 5) is 0. The Morgan fingerprint density at radius 2 is 1.27 bits per heavy atom. The fraction of sp³-hybridized carbons (Fsp3) is 0.524. The first-order valence-electron chi connectivity index (χ1n) is 9.40. The molecule has 0 fully saturated rings. The molecule has 1 atom stereocenters. The quantitative estimate of drug-likeness (QED) is 0.202. The van der Waals surface area contributed by atoms with E-state index in [-0.39, 0.29) is 17.1 Å². The van der Waals surface area contributed by atoms with E-state index in [1.165, 1.54) is 32.1 Å². The molecular formula is C21H32FeO3S-6. The van der Waals surface area contributed by atoms with Crippen LogP contribution in [0.1, 0.15) is 75.5 Å². The van der Waals surface area contributed by atoms with Crippen molar-refractivity contribution in [1.29, 1.82) is 0 Å². The first-order chi connectivity index (χ1) is 12.1. The van der Waals surface area contributed by atoms with E-state index in [1.807, 2.05) is 30.3 Å². The molecule has 0 aliphatic carbocycles. The molecule has 2 aromatic carbocycles. The summed E-state index contributed by atoms with van der Waals surface area (Å²) in [6.45, 7) is 2.21. The maximum atomic E-state index is 11.4. The van der Waals surface area contributed by atoms with E-state index in [1.54, 1.807) is 24.3 Å². The van der Waals surface area contributed by atoms with E-state index < -0.39 is 15.4 Å². The van der Waals surface area contributed by atoms with E-state index in [0.717, 1.165) is 19.3 Å². The maximum Gasteiger partial charge on any atom is 0.261 e. The Labute approximate surface area is 170 Å². The summed E-state index contributed by atoms with van der Waals surface area (Å²) in [6, 6.07) is 17.1. The van der Waals surface area contributed by atoms with Gasteiger partial charge in [0.25, 0.3) is 10.1 Å². The van der Waals surface area contributed by atoms with E-state index in [2.05, 4.69) is 6.92 Å². The molecule has 0 saturated carbocycles. The summed E-state index contributed by atoms with van der Waals surface area (Å²) >= 11 is 0. The van der Waals surface area contributed by atoms with E-state index >= 15 is 0 Å². The van der Waals surface area contributed by atoms with Crippen LogP contribution in [0.4, 0.5) is 0 Å². The molecule has 154 valence electrons. The van der Waals surface area contributed by atoms with Gasteiger partial charge in [-0.05, 0) is 6.42 Å². The van der Waals surface area contributed by atoms with Crippen molar-refractivity contribution in [3.63, 3.8) is 0 Å². The predicted molar refractivity (Wildman–Crippen MR) is 106 cm³/mol. The van der Waals surface area contributed by atoms with Crippen LogP contribution in [-0.4, -0.2) is 13.0 Å². The molecule has 3 nitrogen and oxygen atoms in total. The van der Waals surface area contributed by atoms with Crippen LogP contribution in [-0.2, 0) is 27.2 Å². The minimum atomic E-state index is -3.99. The number of unbranched alkanes of at least 4 members (excludes halogenated alkanes) is 7. The fourth-order valence-electron chi connectivity index (χ4n) is 2.88. The molecule has 0 bridgehead atoms. The van der Waals surface area contributed by atoms with Gasteiger partial charge in [0.05, 0.1) is 5.25 Å². The first kappa shape index (κ1) is 25.1. The van der Waals surface area contributed by atoms with Crippen LogP contribution in [0, 0.1) is 0 Å². The second-order valence-electron chi connectivity index (χ2n) is 6.45. The second-order valence-corrected chi connectivity index (χ2v) is 8.05. The van der Waals surface area contributed by atoms with Gasteiger partial charge in [-0.3, -0.25) is 4.55 Å². The smallest absolute Gasteiger partial charge is 0.261 e. The van der Waals surface area contributed by atoms with Crippen molar-refractivity contribution < 1.29 is 30.0 Å². The zero-order valence-corrected chi connectivity index (χ0v) is 17.6. The molecular weight excluding hydrogens is 388 g/mol. The number of hydrogen-bond acceptors (Lipinski definition) is 2. The predicted octanol–water partition coefficient (Wildman–Crippen LogP) is 6.27. The minimum absolute atomic E-state index is 0. The summed E-state index contributed by atoms with van der Waals surface area (Å²) in [5.74, 6) is 0.